The van der Waals surface area contributed by atoms with Crippen LogP contribution in [0.3, 0.4) is 0 Å². The van der Waals surface area contributed by atoms with Gasteiger partial charge in [0.2, 0.25) is 0 Å². The molecule has 1 atom stereocenters. The number of halogens is 1. The monoisotopic (exact) mass is 195 g/mol. The molecule has 0 saturated heterocycles. The zero-order chi connectivity index (χ0) is 8.53. The molecule has 1 N–H and O–H groups in total. The highest BCUT2D eigenvalue weighted by atomic mass is 35.5. The maximum Gasteiger partial charge on any atom is 0.0224 e. The predicted molar refractivity (Wildman–Crippen MR) is 55.8 cm³/mol. The van der Waals surface area contributed by atoms with Gasteiger partial charge in [0.1, 0.15) is 0 Å². The molecule has 0 spiro atoms. The molecule has 1 nitrogen and oxygen atoms in total. The minimum absolute atomic E-state index is 0.626. The van der Waals surface area contributed by atoms with Crippen molar-refractivity contribution in [2.75, 3.05) is 24.4 Å². The van der Waals surface area contributed by atoms with Gasteiger partial charge in [0.25, 0.3) is 0 Å². The molecule has 0 bridgehead atoms. The summed E-state index contributed by atoms with van der Waals surface area (Å²) in [4.78, 5) is 0. The first-order valence-electron chi connectivity index (χ1n) is 4.09. The molecular weight excluding hydrogens is 178 g/mol. The molecular formula is C8H18ClNS. The van der Waals surface area contributed by atoms with Gasteiger partial charge in [0.15, 0.2) is 0 Å². The molecule has 11 heavy (non-hydrogen) atoms. The van der Waals surface area contributed by atoms with E-state index in [4.69, 9.17) is 11.6 Å². The summed E-state index contributed by atoms with van der Waals surface area (Å²) in [5.41, 5.74) is 0. The summed E-state index contributed by atoms with van der Waals surface area (Å²) in [6, 6.07) is 0.626. The summed E-state index contributed by atoms with van der Waals surface area (Å²) in [6.07, 6.45) is 4.44. The lowest BCUT2D eigenvalue weighted by Gasteiger charge is -2.11. The predicted octanol–water partition coefficient (Wildman–Crippen LogP) is 2.35. The van der Waals surface area contributed by atoms with E-state index in [0.717, 1.165) is 18.8 Å². The molecule has 0 saturated carbocycles. The number of alkyl halides is 1. The van der Waals surface area contributed by atoms with Gasteiger partial charge < -0.3 is 5.32 Å². The van der Waals surface area contributed by atoms with E-state index in [1.54, 1.807) is 0 Å². The number of hydrogen-bond acceptors (Lipinski definition) is 2. The van der Waals surface area contributed by atoms with Crippen LogP contribution in [-0.2, 0) is 0 Å². The number of nitrogens with one attached hydrogen (secondary N) is 1. The Kier molecular flexibility index (Phi) is 9.17. The second-order valence-electron chi connectivity index (χ2n) is 2.68. The van der Waals surface area contributed by atoms with Crippen LogP contribution in [0.15, 0.2) is 0 Å². The Bertz CT molecular complexity index is 80.5. The van der Waals surface area contributed by atoms with Crippen molar-refractivity contribution in [3.63, 3.8) is 0 Å². The highest BCUT2D eigenvalue weighted by Crippen LogP contribution is 1.98. The number of hydrogen-bond donors (Lipinski definition) is 1. The van der Waals surface area contributed by atoms with Gasteiger partial charge in [-0.3, -0.25) is 0 Å². The summed E-state index contributed by atoms with van der Waals surface area (Å²) < 4.78 is 0. The van der Waals surface area contributed by atoms with E-state index in [0.29, 0.717) is 6.04 Å². The maximum absolute atomic E-state index is 5.58. The SMILES string of the molecule is CSCCNC(C)CCCCl. The Hall–Kier alpha value is 0.600. The molecule has 68 valence electrons. The van der Waals surface area contributed by atoms with Crippen LogP contribution in [0.2, 0.25) is 0 Å². The Labute approximate surface area is 79.3 Å². The van der Waals surface area contributed by atoms with Crippen LogP contribution < -0.4 is 5.32 Å². The van der Waals surface area contributed by atoms with Crippen molar-refractivity contribution in [2.45, 2.75) is 25.8 Å². The zero-order valence-corrected chi connectivity index (χ0v) is 8.97. The summed E-state index contributed by atoms with van der Waals surface area (Å²) >= 11 is 7.45. The van der Waals surface area contributed by atoms with Crippen molar-refractivity contribution in [1.29, 1.82) is 0 Å². The fraction of sp³-hybridized carbons (Fsp3) is 1.00. The molecule has 0 aromatic rings. The Morgan fingerprint density at radius 1 is 1.55 bits per heavy atom. The molecule has 0 radical (unpaired) electrons. The standard InChI is InChI=1S/C8H18ClNS/c1-8(4-3-5-9)10-6-7-11-2/h8,10H,3-7H2,1-2H3. The van der Waals surface area contributed by atoms with Gasteiger partial charge >= 0.3 is 0 Å². The lowest BCUT2D eigenvalue weighted by molar-refractivity contribution is 0.528. The van der Waals surface area contributed by atoms with E-state index in [2.05, 4.69) is 18.5 Å². The van der Waals surface area contributed by atoms with Crippen molar-refractivity contribution < 1.29 is 0 Å². The maximum atomic E-state index is 5.58. The highest BCUT2D eigenvalue weighted by Gasteiger charge is 1.98. The average Bonchev–Trinajstić information content (AvgIpc) is 2.01. The van der Waals surface area contributed by atoms with Crippen LogP contribution in [0.1, 0.15) is 19.8 Å². The van der Waals surface area contributed by atoms with Gasteiger partial charge in [-0.05, 0) is 26.0 Å². The third-order valence-corrected chi connectivity index (χ3v) is 2.45. The minimum Gasteiger partial charge on any atom is -0.313 e. The van der Waals surface area contributed by atoms with Gasteiger partial charge in [0.05, 0.1) is 0 Å². The van der Waals surface area contributed by atoms with Crippen molar-refractivity contribution in [2.24, 2.45) is 0 Å². The number of thioether (sulfide) groups is 1. The van der Waals surface area contributed by atoms with Crippen molar-refractivity contribution >= 4 is 23.4 Å². The lowest BCUT2D eigenvalue weighted by Crippen LogP contribution is -2.28. The van der Waals surface area contributed by atoms with Crippen LogP contribution in [0.5, 0.6) is 0 Å². The average molecular weight is 196 g/mol. The Morgan fingerprint density at radius 3 is 2.82 bits per heavy atom. The third kappa shape index (κ3) is 8.51. The molecule has 0 aliphatic rings. The zero-order valence-electron chi connectivity index (χ0n) is 7.40. The molecule has 0 fully saturated rings. The van der Waals surface area contributed by atoms with Crippen LogP contribution >= 0.6 is 23.4 Å². The first-order valence-corrected chi connectivity index (χ1v) is 6.02. The van der Waals surface area contributed by atoms with E-state index < -0.39 is 0 Å². The van der Waals surface area contributed by atoms with Crippen molar-refractivity contribution in [1.82, 2.24) is 5.32 Å². The molecule has 0 aliphatic carbocycles. The van der Waals surface area contributed by atoms with Gasteiger partial charge in [-0.15, -0.1) is 11.6 Å². The van der Waals surface area contributed by atoms with Crippen LogP contribution in [-0.4, -0.2) is 30.5 Å². The molecule has 0 amide bonds. The molecule has 0 aliphatic heterocycles. The first kappa shape index (κ1) is 11.6. The van der Waals surface area contributed by atoms with Crippen LogP contribution in [0, 0.1) is 0 Å². The normalized spacial score (nSPS) is 13.4. The van der Waals surface area contributed by atoms with E-state index in [1.807, 2.05) is 11.8 Å². The van der Waals surface area contributed by atoms with E-state index in [-0.39, 0.29) is 0 Å². The first-order chi connectivity index (χ1) is 5.31. The smallest absolute Gasteiger partial charge is 0.0224 e. The second-order valence-corrected chi connectivity index (χ2v) is 4.04. The largest absolute Gasteiger partial charge is 0.313 e. The summed E-state index contributed by atoms with van der Waals surface area (Å²) in [5.74, 6) is 1.99. The summed E-state index contributed by atoms with van der Waals surface area (Å²) in [7, 11) is 0. The highest BCUT2D eigenvalue weighted by molar-refractivity contribution is 7.98. The fourth-order valence-electron chi connectivity index (χ4n) is 0.893. The van der Waals surface area contributed by atoms with E-state index in [9.17, 15) is 0 Å². The van der Waals surface area contributed by atoms with Gasteiger partial charge in [0, 0.05) is 24.2 Å². The fourth-order valence-corrected chi connectivity index (χ4v) is 1.37. The van der Waals surface area contributed by atoms with E-state index >= 15 is 0 Å². The quantitative estimate of drug-likeness (QED) is 0.495. The summed E-state index contributed by atoms with van der Waals surface area (Å²) in [6.45, 7) is 3.33. The van der Waals surface area contributed by atoms with Gasteiger partial charge in [-0.1, -0.05) is 0 Å². The van der Waals surface area contributed by atoms with Crippen molar-refractivity contribution in [3.8, 4) is 0 Å². The van der Waals surface area contributed by atoms with Gasteiger partial charge in [-0.25, -0.2) is 0 Å². The van der Waals surface area contributed by atoms with E-state index in [1.165, 1.54) is 12.2 Å². The molecule has 0 aromatic heterocycles. The van der Waals surface area contributed by atoms with Gasteiger partial charge in [-0.2, -0.15) is 11.8 Å². The third-order valence-electron chi connectivity index (χ3n) is 1.57. The molecule has 0 aromatic carbocycles. The Morgan fingerprint density at radius 2 is 2.27 bits per heavy atom. The molecule has 0 heterocycles. The lowest BCUT2D eigenvalue weighted by atomic mass is 10.2. The molecule has 0 rings (SSSR count). The summed E-state index contributed by atoms with van der Waals surface area (Å²) in [5, 5.41) is 3.44. The second kappa shape index (κ2) is 8.69. The number of rotatable bonds is 7. The minimum atomic E-state index is 0.626. The molecule has 3 heteroatoms. The Balaban J connectivity index is 3.02. The topological polar surface area (TPSA) is 12.0 Å². The molecule has 1 unspecified atom stereocenters. The van der Waals surface area contributed by atoms with Crippen LogP contribution in [0.4, 0.5) is 0 Å². The van der Waals surface area contributed by atoms with Crippen molar-refractivity contribution in [3.05, 3.63) is 0 Å². The van der Waals surface area contributed by atoms with Crippen LogP contribution in [0.25, 0.3) is 0 Å².